The fourth-order valence-electron chi connectivity index (χ4n) is 2.95. The van der Waals surface area contributed by atoms with Gasteiger partial charge in [-0.2, -0.15) is 17.5 Å². The van der Waals surface area contributed by atoms with Crippen LogP contribution < -0.4 is 5.56 Å². The van der Waals surface area contributed by atoms with Crippen molar-refractivity contribution in [3.05, 3.63) is 64.1 Å². The van der Waals surface area contributed by atoms with E-state index in [2.05, 4.69) is 0 Å². The summed E-state index contributed by atoms with van der Waals surface area (Å²) in [6.45, 7) is 0.584. The van der Waals surface area contributed by atoms with Crippen LogP contribution in [0.2, 0.25) is 0 Å². The highest BCUT2D eigenvalue weighted by Crippen LogP contribution is 2.29. The van der Waals surface area contributed by atoms with E-state index in [0.29, 0.717) is 13.1 Å². The molecular formula is C17H17F3N2O3S. The molecule has 140 valence electrons. The van der Waals surface area contributed by atoms with Crippen LogP contribution in [0.5, 0.6) is 0 Å². The maximum absolute atomic E-state index is 12.8. The summed E-state index contributed by atoms with van der Waals surface area (Å²) in [6, 6.07) is 7.27. The Labute approximate surface area is 148 Å². The van der Waals surface area contributed by atoms with Gasteiger partial charge in [-0.1, -0.05) is 12.1 Å². The highest BCUT2D eigenvalue weighted by atomic mass is 32.2. The predicted molar refractivity (Wildman–Crippen MR) is 89.2 cm³/mol. The van der Waals surface area contributed by atoms with Gasteiger partial charge < -0.3 is 4.57 Å². The molecule has 1 aliphatic rings. The molecule has 1 aromatic carbocycles. The Morgan fingerprint density at radius 2 is 1.73 bits per heavy atom. The molecule has 0 radical (unpaired) electrons. The minimum atomic E-state index is -4.48. The molecule has 5 nitrogen and oxygen atoms in total. The van der Waals surface area contributed by atoms with Crippen molar-refractivity contribution < 1.29 is 21.6 Å². The summed E-state index contributed by atoms with van der Waals surface area (Å²) in [4.78, 5) is 12.2. The number of nitrogens with zero attached hydrogens (tertiary/aromatic N) is 2. The molecule has 0 bridgehead atoms. The lowest BCUT2D eigenvalue weighted by molar-refractivity contribution is -0.137. The first-order chi connectivity index (χ1) is 12.2. The first-order valence-corrected chi connectivity index (χ1v) is 9.49. The smallest absolute Gasteiger partial charge is 0.310 e. The van der Waals surface area contributed by atoms with Gasteiger partial charge in [-0.3, -0.25) is 4.79 Å². The molecule has 26 heavy (non-hydrogen) atoms. The summed E-state index contributed by atoms with van der Waals surface area (Å²) < 4.78 is 66.1. The van der Waals surface area contributed by atoms with Crippen molar-refractivity contribution in [1.29, 1.82) is 0 Å². The second-order valence-corrected chi connectivity index (χ2v) is 8.02. The first kappa shape index (κ1) is 18.7. The van der Waals surface area contributed by atoms with Gasteiger partial charge in [0.05, 0.1) is 12.1 Å². The predicted octanol–water partition coefficient (Wildman–Crippen LogP) is 2.70. The van der Waals surface area contributed by atoms with Gasteiger partial charge in [-0.05, 0) is 42.7 Å². The van der Waals surface area contributed by atoms with Gasteiger partial charge in [0.1, 0.15) is 4.90 Å². The molecule has 0 N–H and O–H groups in total. The van der Waals surface area contributed by atoms with Crippen molar-refractivity contribution in [1.82, 2.24) is 8.87 Å². The average molecular weight is 386 g/mol. The van der Waals surface area contributed by atoms with Gasteiger partial charge in [0.25, 0.3) is 5.56 Å². The molecule has 2 aromatic rings. The molecule has 0 unspecified atom stereocenters. The van der Waals surface area contributed by atoms with Crippen LogP contribution >= 0.6 is 0 Å². The minimum absolute atomic E-state index is 0.147. The zero-order valence-corrected chi connectivity index (χ0v) is 14.6. The highest BCUT2D eigenvalue weighted by Gasteiger charge is 2.31. The van der Waals surface area contributed by atoms with Gasteiger partial charge in [0, 0.05) is 19.3 Å². The highest BCUT2D eigenvalue weighted by molar-refractivity contribution is 7.89. The maximum Gasteiger partial charge on any atom is 0.416 e. The number of halogens is 3. The Morgan fingerprint density at radius 1 is 1.04 bits per heavy atom. The van der Waals surface area contributed by atoms with E-state index in [0.717, 1.165) is 29.5 Å². The lowest BCUT2D eigenvalue weighted by Gasteiger charge is -2.16. The monoisotopic (exact) mass is 386 g/mol. The number of sulfonamides is 1. The van der Waals surface area contributed by atoms with E-state index in [4.69, 9.17) is 0 Å². The Balaban J connectivity index is 1.95. The molecule has 9 heteroatoms. The van der Waals surface area contributed by atoms with Crippen LogP contribution in [0.3, 0.4) is 0 Å². The van der Waals surface area contributed by atoms with E-state index < -0.39 is 27.3 Å². The number of pyridine rings is 1. The third-order valence-electron chi connectivity index (χ3n) is 4.28. The first-order valence-electron chi connectivity index (χ1n) is 8.05. The second-order valence-electron chi connectivity index (χ2n) is 6.11. The average Bonchev–Trinajstić information content (AvgIpc) is 3.11. The van der Waals surface area contributed by atoms with Crippen molar-refractivity contribution in [3.63, 3.8) is 0 Å². The number of alkyl halides is 3. The van der Waals surface area contributed by atoms with Crippen LogP contribution in [-0.4, -0.2) is 30.4 Å². The maximum atomic E-state index is 12.8. The normalized spacial score (nSPS) is 16.1. The molecule has 0 spiro atoms. The molecular weight excluding hydrogens is 369 g/mol. The van der Waals surface area contributed by atoms with E-state index in [9.17, 15) is 26.4 Å². The second kappa shape index (κ2) is 6.88. The molecule has 1 fully saturated rings. The Morgan fingerprint density at radius 3 is 2.38 bits per heavy atom. The third-order valence-corrected chi connectivity index (χ3v) is 6.19. The van der Waals surface area contributed by atoms with Gasteiger partial charge in [-0.15, -0.1) is 0 Å². The van der Waals surface area contributed by atoms with Crippen LogP contribution in [0.25, 0.3) is 0 Å². The Hall–Kier alpha value is -2.13. The van der Waals surface area contributed by atoms with Gasteiger partial charge in [0.2, 0.25) is 10.0 Å². The molecule has 1 aliphatic heterocycles. The summed E-state index contributed by atoms with van der Waals surface area (Å²) >= 11 is 0. The largest absolute Gasteiger partial charge is 0.416 e. The fourth-order valence-corrected chi connectivity index (χ4v) is 4.55. The molecule has 0 amide bonds. The topological polar surface area (TPSA) is 59.4 Å². The van der Waals surface area contributed by atoms with Crippen molar-refractivity contribution in [3.8, 4) is 0 Å². The number of rotatable bonds is 4. The quantitative estimate of drug-likeness (QED) is 0.812. The van der Waals surface area contributed by atoms with Crippen LogP contribution in [0.4, 0.5) is 13.2 Å². The Bertz CT molecular complexity index is 962. The molecule has 0 saturated carbocycles. The van der Waals surface area contributed by atoms with Crippen LogP contribution in [-0.2, 0) is 22.7 Å². The number of benzene rings is 1. The molecule has 2 heterocycles. The zero-order chi connectivity index (χ0) is 18.9. The third kappa shape index (κ3) is 3.68. The standard InChI is InChI=1S/C17H17F3N2O3S/c18-17(19,20)14-6-3-5-13(11-14)12-21-8-4-7-15(16(21)23)26(24,25)22-9-1-2-10-22/h3-8,11H,1-2,9-10,12H2. The summed E-state index contributed by atoms with van der Waals surface area (Å²) in [5, 5.41) is 0. The summed E-state index contributed by atoms with van der Waals surface area (Å²) in [7, 11) is -3.90. The molecule has 3 rings (SSSR count). The van der Waals surface area contributed by atoms with Gasteiger partial charge in [-0.25, -0.2) is 8.42 Å². The number of aromatic nitrogens is 1. The lowest BCUT2D eigenvalue weighted by atomic mass is 10.1. The summed E-state index contributed by atoms with van der Waals surface area (Å²) in [5.41, 5.74) is -1.29. The zero-order valence-electron chi connectivity index (χ0n) is 13.7. The van der Waals surface area contributed by atoms with Crippen LogP contribution in [0.1, 0.15) is 24.0 Å². The van der Waals surface area contributed by atoms with Crippen molar-refractivity contribution in [2.45, 2.75) is 30.5 Å². The van der Waals surface area contributed by atoms with Crippen LogP contribution in [0.15, 0.2) is 52.3 Å². The van der Waals surface area contributed by atoms with E-state index in [1.54, 1.807) is 0 Å². The molecule has 1 saturated heterocycles. The van der Waals surface area contributed by atoms with Crippen LogP contribution in [0, 0.1) is 0 Å². The Kier molecular flexibility index (Phi) is 4.94. The number of hydrogen-bond donors (Lipinski definition) is 0. The summed E-state index contributed by atoms with van der Waals surface area (Å²) in [5.74, 6) is 0. The molecule has 0 aliphatic carbocycles. The van der Waals surface area contributed by atoms with E-state index in [1.807, 2.05) is 0 Å². The summed E-state index contributed by atoms with van der Waals surface area (Å²) in [6.07, 6.45) is -1.64. The lowest BCUT2D eigenvalue weighted by Crippen LogP contribution is -2.34. The van der Waals surface area contributed by atoms with Crippen molar-refractivity contribution in [2.24, 2.45) is 0 Å². The van der Waals surface area contributed by atoms with Gasteiger partial charge in [0.15, 0.2) is 0 Å². The molecule has 0 atom stereocenters. The van der Waals surface area contributed by atoms with E-state index in [-0.39, 0.29) is 17.0 Å². The minimum Gasteiger partial charge on any atom is -0.310 e. The fraction of sp³-hybridized carbons (Fsp3) is 0.353. The number of hydrogen-bond acceptors (Lipinski definition) is 3. The SMILES string of the molecule is O=c1c(S(=O)(=O)N2CCCC2)cccn1Cc1cccc(C(F)(F)F)c1. The molecule has 1 aromatic heterocycles. The van der Waals surface area contributed by atoms with Crippen molar-refractivity contribution >= 4 is 10.0 Å². The van der Waals surface area contributed by atoms with E-state index in [1.165, 1.54) is 34.8 Å². The van der Waals surface area contributed by atoms with Gasteiger partial charge >= 0.3 is 6.18 Å². The van der Waals surface area contributed by atoms with E-state index >= 15 is 0 Å². The van der Waals surface area contributed by atoms with Crippen molar-refractivity contribution in [2.75, 3.05) is 13.1 Å².